The zero-order chi connectivity index (χ0) is 13.4. The molecule has 0 fully saturated rings. The number of aryl methyl sites for hydroxylation is 1. The molecule has 2 rings (SSSR count). The van der Waals surface area contributed by atoms with E-state index in [-0.39, 0.29) is 6.04 Å². The van der Waals surface area contributed by atoms with Gasteiger partial charge in [-0.25, -0.2) is 0 Å². The lowest BCUT2D eigenvalue weighted by Crippen LogP contribution is -2.11. The molecule has 1 nitrogen and oxygen atoms in total. The van der Waals surface area contributed by atoms with Crippen molar-refractivity contribution in [1.82, 2.24) is 0 Å². The van der Waals surface area contributed by atoms with Gasteiger partial charge < -0.3 is 5.73 Å². The molecule has 2 N–H and O–H groups in total. The Bertz CT molecular complexity index is 575. The summed E-state index contributed by atoms with van der Waals surface area (Å²) < 4.78 is 4.22. The van der Waals surface area contributed by atoms with Crippen molar-refractivity contribution in [2.24, 2.45) is 5.73 Å². The minimum Gasteiger partial charge on any atom is -0.320 e. The molecule has 0 saturated heterocycles. The maximum Gasteiger partial charge on any atom is 0.0843 e. The van der Waals surface area contributed by atoms with Crippen LogP contribution in [0.15, 0.2) is 35.4 Å². The van der Waals surface area contributed by atoms with Crippen LogP contribution in [0.2, 0.25) is 0 Å². The van der Waals surface area contributed by atoms with Crippen LogP contribution in [0, 0.1) is 6.92 Å². The number of hydrogen-bond donors (Lipinski definition) is 1. The highest BCUT2D eigenvalue weighted by Crippen LogP contribution is 2.39. The van der Waals surface area contributed by atoms with Gasteiger partial charge in [0.1, 0.15) is 0 Å². The minimum absolute atomic E-state index is 0.135. The first-order valence-electron chi connectivity index (χ1n) is 5.06. The van der Waals surface area contributed by atoms with Crippen LogP contribution in [0.4, 0.5) is 0 Å². The molecule has 0 aliphatic heterocycles. The largest absolute Gasteiger partial charge is 0.320 e. The number of thiophene rings is 1. The van der Waals surface area contributed by atoms with E-state index < -0.39 is 0 Å². The molecule has 96 valence electrons. The average molecular weight is 519 g/mol. The first-order valence-corrected chi connectivity index (χ1v) is 9.05. The van der Waals surface area contributed by atoms with E-state index in [4.69, 9.17) is 5.73 Å². The summed E-state index contributed by atoms with van der Waals surface area (Å²) in [7, 11) is 0. The molecule has 1 aromatic heterocycles. The fraction of sp³-hybridized carbons (Fsp3) is 0.167. The third-order valence-corrected chi connectivity index (χ3v) is 7.46. The Morgan fingerprint density at radius 2 is 1.67 bits per heavy atom. The average Bonchev–Trinajstić information content (AvgIpc) is 2.63. The lowest BCUT2D eigenvalue weighted by molar-refractivity contribution is 0.884. The minimum atomic E-state index is -0.135. The summed E-state index contributed by atoms with van der Waals surface area (Å²) in [4.78, 5) is 1.12. The van der Waals surface area contributed by atoms with Gasteiger partial charge in [0.2, 0.25) is 0 Å². The molecule has 2 aromatic rings. The second kappa shape index (κ2) is 6.06. The van der Waals surface area contributed by atoms with Crippen molar-refractivity contribution < 1.29 is 0 Å². The standard InChI is InChI=1S/C12H9Br4NS/c1-5-2-8(14)6(3-7(5)13)11(17)10-4-9(15)12(16)18-10/h2-4,11H,17H2,1H3. The maximum absolute atomic E-state index is 6.34. The Kier molecular flexibility index (Phi) is 5.11. The van der Waals surface area contributed by atoms with E-state index in [1.54, 1.807) is 11.3 Å². The maximum atomic E-state index is 6.34. The van der Waals surface area contributed by atoms with Gasteiger partial charge in [0, 0.05) is 18.3 Å². The van der Waals surface area contributed by atoms with Crippen molar-refractivity contribution in [3.05, 3.63) is 51.4 Å². The smallest absolute Gasteiger partial charge is 0.0843 e. The molecule has 0 spiro atoms. The first-order chi connectivity index (χ1) is 8.40. The third-order valence-electron chi connectivity index (χ3n) is 2.58. The summed E-state index contributed by atoms with van der Waals surface area (Å²) in [5.41, 5.74) is 8.60. The summed E-state index contributed by atoms with van der Waals surface area (Å²) in [5, 5.41) is 0. The second-order valence-corrected chi connectivity index (χ2v) is 8.84. The Balaban J connectivity index is 2.45. The van der Waals surface area contributed by atoms with Crippen molar-refractivity contribution in [3.8, 4) is 0 Å². The van der Waals surface area contributed by atoms with Crippen LogP contribution in [0.1, 0.15) is 22.0 Å². The monoisotopic (exact) mass is 515 g/mol. The molecule has 0 saturated carbocycles. The molecular formula is C12H9Br4NS. The van der Waals surface area contributed by atoms with Gasteiger partial charge in [-0.2, -0.15) is 0 Å². The highest BCUT2D eigenvalue weighted by atomic mass is 79.9. The number of benzene rings is 1. The van der Waals surface area contributed by atoms with Crippen LogP contribution in [-0.2, 0) is 0 Å². The van der Waals surface area contributed by atoms with Gasteiger partial charge in [0.15, 0.2) is 0 Å². The molecule has 0 aliphatic carbocycles. The van der Waals surface area contributed by atoms with Crippen LogP contribution < -0.4 is 5.73 Å². The Morgan fingerprint density at radius 3 is 2.22 bits per heavy atom. The van der Waals surface area contributed by atoms with Crippen molar-refractivity contribution in [1.29, 1.82) is 0 Å². The summed E-state index contributed by atoms with van der Waals surface area (Å²) in [6.45, 7) is 2.06. The predicted molar refractivity (Wildman–Crippen MR) is 92.3 cm³/mol. The molecule has 18 heavy (non-hydrogen) atoms. The first kappa shape index (κ1) is 15.2. The molecule has 0 amide bonds. The SMILES string of the molecule is Cc1cc(Br)c(C(N)c2cc(Br)c(Br)s2)cc1Br. The molecule has 1 unspecified atom stereocenters. The molecule has 6 heteroatoms. The fourth-order valence-corrected chi connectivity index (χ4v) is 4.75. The molecular weight excluding hydrogens is 510 g/mol. The van der Waals surface area contributed by atoms with Gasteiger partial charge in [-0.15, -0.1) is 11.3 Å². The highest BCUT2D eigenvalue weighted by Gasteiger charge is 2.17. The quantitative estimate of drug-likeness (QED) is 0.507. The Hall–Kier alpha value is 0.800. The second-order valence-electron chi connectivity index (χ2n) is 3.87. The van der Waals surface area contributed by atoms with Gasteiger partial charge in [-0.1, -0.05) is 31.9 Å². The van der Waals surface area contributed by atoms with E-state index >= 15 is 0 Å². The number of rotatable bonds is 2. The van der Waals surface area contributed by atoms with Crippen molar-refractivity contribution in [2.45, 2.75) is 13.0 Å². The molecule has 1 heterocycles. The van der Waals surface area contributed by atoms with E-state index in [2.05, 4.69) is 88.8 Å². The van der Waals surface area contributed by atoms with Gasteiger partial charge in [-0.3, -0.25) is 0 Å². The van der Waals surface area contributed by atoms with Crippen LogP contribution in [-0.4, -0.2) is 0 Å². The topological polar surface area (TPSA) is 26.0 Å². The number of halogens is 4. The normalized spacial score (nSPS) is 12.8. The van der Waals surface area contributed by atoms with Gasteiger partial charge >= 0.3 is 0 Å². The van der Waals surface area contributed by atoms with Crippen LogP contribution in [0.5, 0.6) is 0 Å². The van der Waals surface area contributed by atoms with Crippen molar-refractivity contribution in [3.63, 3.8) is 0 Å². The third kappa shape index (κ3) is 3.10. The van der Waals surface area contributed by atoms with Crippen molar-refractivity contribution >= 4 is 75.1 Å². The summed E-state index contributed by atoms with van der Waals surface area (Å²) in [6.07, 6.45) is 0. The van der Waals surface area contributed by atoms with Gasteiger partial charge in [-0.05, 0) is 68.1 Å². The zero-order valence-electron chi connectivity index (χ0n) is 9.31. The van der Waals surface area contributed by atoms with Crippen LogP contribution in [0.3, 0.4) is 0 Å². The predicted octanol–water partition coefficient (Wildman–Crippen LogP) is 6.15. The summed E-state index contributed by atoms with van der Waals surface area (Å²) in [5.74, 6) is 0. The lowest BCUT2D eigenvalue weighted by atomic mass is 10.0. The molecule has 1 aromatic carbocycles. The Labute approximate surface area is 144 Å². The van der Waals surface area contributed by atoms with E-state index in [9.17, 15) is 0 Å². The van der Waals surface area contributed by atoms with Gasteiger partial charge in [0.05, 0.1) is 9.83 Å². The van der Waals surface area contributed by atoms with E-state index in [1.165, 1.54) is 5.56 Å². The number of hydrogen-bond acceptors (Lipinski definition) is 2. The molecule has 0 aliphatic rings. The fourth-order valence-electron chi connectivity index (χ4n) is 1.57. The summed E-state index contributed by atoms with van der Waals surface area (Å²) >= 11 is 15.8. The molecule has 0 bridgehead atoms. The van der Waals surface area contributed by atoms with E-state index in [0.29, 0.717) is 0 Å². The van der Waals surface area contributed by atoms with Crippen molar-refractivity contribution in [2.75, 3.05) is 0 Å². The van der Waals surface area contributed by atoms with Gasteiger partial charge in [0.25, 0.3) is 0 Å². The summed E-state index contributed by atoms with van der Waals surface area (Å²) in [6, 6.07) is 6.08. The van der Waals surface area contributed by atoms with Crippen LogP contribution >= 0.6 is 75.1 Å². The highest BCUT2D eigenvalue weighted by molar-refractivity contribution is 9.13. The van der Waals surface area contributed by atoms with Crippen LogP contribution in [0.25, 0.3) is 0 Å². The number of nitrogens with two attached hydrogens (primary N) is 1. The molecule has 1 atom stereocenters. The molecule has 0 radical (unpaired) electrons. The zero-order valence-corrected chi connectivity index (χ0v) is 16.5. The van der Waals surface area contributed by atoms with E-state index in [0.717, 1.165) is 27.6 Å². The lowest BCUT2D eigenvalue weighted by Gasteiger charge is -2.14. The Morgan fingerprint density at radius 1 is 1.00 bits per heavy atom. The van der Waals surface area contributed by atoms with E-state index in [1.807, 2.05) is 0 Å².